The highest BCUT2D eigenvalue weighted by Crippen LogP contribution is 2.34. The molecule has 1 aliphatic rings. The number of aromatic nitrogens is 1. The summed E-state index contributed by atoms with van der Waals surface area (Å²) in [5.41, 5.74) is 1.00. The predicted molar refractivity (Wildman–Crippen MR) is 125 cm³/mol. The summed E-state index contributed by atoms with van der Waals surface area (Å²) in [7, 11) is 0. The van der Waals surface area contributed by atoms with Crippen molar-refractivity contribution in [3.8, 4) is 11.5 Å². The van der Waals surface area contributed by atoms with Crippen LogP contribution in [0.2, 0.25) is 0 Å². The molecule has 0 saturated carbocycles. The number of carbonyl (C=O) groups is 1. The van der Waals surface area contributed by atoms with E-state index in [1.807, 2.05) is 18.2 Å². The van der Waals surface area contributed by atoms with Crippen LogP contribution < -0.4 is 14.5 Å². The number of amides is 1. The normalized spacial score (nSPS) is 12.9. The van der Waals surface area contributed by atoms with E-state index in [2.05, 4.69) is 26.0 Å². The first-order valence-corrected chi connectivity index (χ1v) is 11.2. The summed E-state index contributed by atoms with van der Waals surface area (Å²) < 4.78 is 17.9. The van der Waals surface area contributed by atoms with E-state index in [9.17, 15) is 14.9 Å². The van der Waals surface area contributed by atoms with Crippen LogP contribution in [0.1, 0.15) is 16.1 Å². The lowest BCUT2D eigenvalue weighted by Crippen LogP contribution is -2.26. The molecule has 1 amide bonds. The fraction of sp³-hybridized carbons (Fsp3) is 0.0952. The van der Waals surface area contributed by atoms with Gasteiger partial charge >= 0.3 is 5.88 Å². The molecule has 2 aromatic heterocycles. The quantitative estimate of drug-likeness (QED) is 0.202. The van der Waals surface area contributed by atoms with E-state index in [-0.39, 0.29) is 5.76 Å². The number of hydrazone groups is 1. The molecule has 0 fully saturated rings. The Kier molecular flexibility index (Phi) is 5.52. The molecule has 4 aromatic rings. The summed E-state index contributed by atoms with van der Waals surface area (Å²) >= 11 is 4.70. The van der Waals surface area contributed by atoms with Crippen LogP contribution in [-0.4, -0.2) is 35.2 Å². The van der Waals surface area contributed by atoms with Crippen molar-refractivity contribution >= 4 is 60.6 Å². The van der Waals surface area contributed by atoms with E-state index in [1.165, 1.54) is 29.7 Å². The minimum Gasteiger partial charge on any atom is -0.486 e. The standard InChI is InChI=1S/C21H13BrN4O6S/c22-13-2-4-15-18(10-13)33-21(24-15)25(23-11-14-3-6-19(32-14)26(28)29)20(27)12-1-5-16-17(9-12)31-8-7-30-16/h1-6,9-11H,7-8H2/b23-11+. The van der Waals surface area contributed by atoms with Crippen LogP contribution in [0.4, 0.5) is 11.0 Å². The lowest BCUT2D eigenvalue weighted by Gasteiger charge is -2.19. The highest BCUT2D eigenvalue weighted by atomic mass is 79.9. The molecule has 12 heteroatoms. The average Bonchev–Trinajstić information content (AvgIpc) is 3.46. The molecule has 3 heterocycles. The number of furan rings is 1. The third kappa shape index (κ3) is 4.30. The second kappa shape index (κ2) is 8.64. The zero-order chi connectivity index (χ0) is 22.9. The number of fused-ring (bicyclic) bond motifs is 2. The van der Waals surface area contributed by atoms with Gasteiger partial charge in [0.15, 0.2) is 17.3 Å². The molecule has 0 radical (unpaired) electrons. The number of nitrogens with zero attached hydrogens (tertiary/aromatic N) is 4. The smallest absolute Gasteiger partial charge is 0.433 e. The van der Waals surface area contributed by atoms with Crippen LogP contribution in [-0.2, 0) is 0 Å². The number of benzene rings is 2. The zero-order valence-electron chi connectivity index (χ0n) is 16.6. The Bertz CT molecular complexity index is 1420. The third-order valence-corrected chi connectivity index (χ3v) is 6.08. The van der Waals surface area contributed by atoms with Crippen molar-refractivity contribution < 1.29 is 23.6 Å². The Hall–Kier alpha value is -3.77. The molecular formula is C21H13BrN4O6S. The highest BCUT2D eigenvalue weighted by Gasteiger charge is 2.24. The Morgan fingerprint density at radius 3 is 2.76 bits per heavy atom. The minimum absolute atomic E-state index is 0.116. The molecule has 166 valence electrons. The number of rotatable bonds is 5. The lowest BCUT2D eigenvalue weighted by atomic mass is 10.2. The minimum atomic E-state index is -0.652. The number of hydrogen-bond acceptors (Lipinski definition) is 9. The average molecular weight is 529 g/mol. The van der Waals surface area contributed by atoms with Gasteiger partial charge in [0.25, 0.3) is 5.91 Å². The summed E-state index contributed by atoms with van der Waals surface area (Å²) in [6.07, 6.45) is 1.23. The van der Waals surface area contributed by atoms with Gasteiger partial charge in [-0.25, -0.2) is 4.98 Å². The summed E-state index contributed by atoms with van der Waals surface area (Å²) in [5.74, 6) is 0.241. The zero-order valence-corrected chi connectivity index (χ0v) is 19.0. The number of halogens is 1. The van der Waals surface area contributed by atoms with Crippen LogP contribution in [0, 0.1) is 10.1 Å². The molecule has 5 rings (SSSR count). The number of thiazole rings is 1. The summed E-state index contributed by atoms with van der Waals surface area (Å²) in [5, 5.41) is 16.6. The van der Waals surface area contributed by atoms with Crippen LogP contribution in [0.3, 0.4) is 0 Å². The van der Waals surface area contributed by atoms with Gasteiger partial charge in [0.2, 0.25) is 5.13 Å². The Morgan fingerprint density at radius 1 is 1.15 bits per heavy atom. The summed E-state index contributed by atoms with van der Waals surface area (Å²) in [6.45, 7) is 0.823. The maximum absolute atomic E-state index is 13.4. The lowest BCUT2D eigenvalue weighted by molar-refractivity contribution is -0.402. The van der Waals surface area contributed by atoms with Crippen molar-refractivity contribution in [1.82, 2.24) is 4.98 Å². The van der Waals surface area contributed by atoms with Gasteiger partial charge in [0, 0.05) is 10.0 Å². The van der Waals surface area contributed by atoms with Gasteiger partial charge in [-0.05, 0) is 42.5 Å². The maximum Gasteiger partial charge on any atom is 0.433 e. The van der Waals surface area contributed by atoms with Gasteiger partial charge < -0.3 is 13.9 Å². The molecular weight excluding hydrogens is 516 g/mol. The fourth-order valence-electron chi connectivity index (χ4n) is 3.09. The van der Waals surface area contributed by atoms with E-state index in [0.717, 1.165) is 14.2 Å². The molecule has 0 spiro atoms. The van der Waals surface area contributed by atoms with Crippen LogP contribution >= 0.6 is 27.3 Å². The number of hydrogen-bond donors (Lipinski definition) is 0. The van der Waals surface area contributed by atoms with Gasteiger partial charge in [0.1, 0.15) is 18.1 Å². The Morgan fingerprint density at radius 2 is 1.97 bits per heavy atom. The second-order valence-electron chi connectivity index (χ2n) is 6.76. The predicted octanol–water partition coefficient (Wildman–Crippen LogP) is 5.01. The molecule has 0 aliphatic carbocycles. The molecule has 0 unspecified atom stereocenters. The largest absolute Gasteiger partial charge is 0.486 e. The molecule has 1 aliphatic heterocycles. The second-order valence-corrected chi connectivity index (χ2v) is 8.69. The number of nitro groups is 1. The van der Waals surface area contributed by atoms with Crippen molar-refractivity contribution in [3.05, 3.63) is 74.4 Å². The number of ether oxygens (including phenoxy) is 2. The van der Waals surface area contributed by atoms with Crippen molar-refractivity contribution in [1.29, 1.82) is 0 Å². The van der Waals surface area contributed by atoms with Crippen molar-refractivity contribution in [2.24, 2.45) is 5.10 Å². The van der Waals surface area contributed by atoms with Crippen LogP contribution in [0.15, 0.2) is 62.5 Å². The van der Waals surface area contributed by atoms with E-state index in [1.54, 1.807) is 18.2 Å². The van der Waals surface area contributed by atoms with Gasteiger partial charge in [-0.15, -0.1) is 0 Å². The highest BCUT2D eigenvalue weighted by molar-refractivity contribution is 9.10. The first-order chi connectivity index (χ1) is 16.0. The van der Waals surface area contributed by atoms with Crippen LogP contribution in [0.25, 0.3) is 10.2 Å². The van der Waals surface area contributed by atoms with Gasteiger partial charge in [-0.1, -0.05) is 27.3 Å². The first-order valence-electron chi connectivity index (χ1n) is 9.56. The SMILES string of the molecule is O=C(c1ccc2c(c1)OCCO2)N(/N=C/c1ccc([N+](=O)[O-])o1)c1nc2ccc(Br)cc2s1. The van der Waals surface area contributed by atoms with Crippen molar-refractivity contribution in [2.75, 3.05) is 18.2 Å². The van der Waals surface area contributed by atoms with E-state index >= 15 is 0 Å². The number of anilines is 1. The third-order valence-electron chi connectivity index (χ3n) is 4.59. The molecule has 10 nitrogen and oxygen atoms in total. The fourth-order valence-corrected chi connectivity index (χ4v) is 4.56. The Balaban J connectivity index is 1.54. The first kappa shape index (κ1) is 21.1. The monoisotopic (exact) mass is 528 g/mol. The molecule has 0 saturated heterocycles. The molecule has 33 heavy (non-hydrogen) atoms. The molecule has 0 atom stereocenters. The number of carbonyl (C=O) groups excluding carboxylic acids is 1. The van der Waals surface area contributed by atoms with Gasteiger partial charge in [0.05, 0.1) is 22.5 Å². The van der Waals surface area contributed by atoms with E-state index < -0.39 is 16.7 Å². The van der Waals surface area contributed by atoms with Gasteiger partial charge in [-0.3, -0.25) is 14.9 Å². The molecule has 0 N–H and O–H groups in total. The maximum atomic E-state index is 13.4. The molecule has 0 bridgehead atoms. The van der Waals surface area contributed by atoms with Crippen molar-refractivity contribution in [2.45, 2.75) is 0 Å². The van der Waals surface area contributed by atoms with Crippen LogP contribution in [0.5, 0.6) is 11.5 Å². The summed E-state index contributed by atoms with van der Waals surface area (Å²) in [6, 6.07) is 13.0. The topological polar surface area (TPSA) is 120 Å². The van der Waals surface area contributed by atoms with E-state index in [4.69, 9.17) is 13.9 Å². The van der Waals surface area contributed by atoms with Crippen molar-refractivity contribution in [3.63, 3.8) is 0 Å². The van der Waals surface area contributed by atoms with E-state index in [0.29, 0.717) is 40.9 Å². The van der Waals surface area contributed by atoms with Gasteiger partial charge in [-0.2, -0.15) is 10.1 Å². The molecule has 2 aromatic carbocycles. The Labute approximate surface area is 198 Å². The summed E-state index contributed by atoms with van der Waals surface area (Å²) in [4.78, 5) is 28.2.